The van der Waals surface area contributed by atoms with E-state index < -0.39 is 0 Å². The van der Waals surface area contributed by atoms with Crippen molar-refractivity contribution in [2.75, 3.05) is 0 Å². The highest BCUT2D eigenvalue weighted by molar-refractivity contribution is 6.32. The first-order chi connectivity index (χ1) is 4.20. The van der Waals surface area contributed by atoms with Crippen molar-refractivity contribution in [2.45, 2.75) is 0 Å². The van der Waals surface area contributed by atoms with Gasteiger partial charge in [0.05, 0.1) is 5.02 Å². The molecule has 1 aromatic heterocycles. The summed E-state index contributed by atoms with van der Waals surface area (Å²) in [5, 5.41) is 0.962. The van der Waals surface area contributed by atoms with Crippen LogP contribution in [0.25, 0.3) is 0 Å². The lowest BCUT2D eigenvalue weighted by atomic mass is 10.3. The predicted molar refractivity (Wildman–Crippen MR) is 38.7 cm³/mol. The van der Waals surface area contributed by atoms with E-state index in [2.05, 4.69) is 11.9 Å². The third-order valence-corrected chi connectivity index (χ3v) is 1.43. The molecule has 0 saturated carbocycles. The highest BCUT2D eigenvalue weighted by Crippen LogP contribution is 2.15. The van der Waals surface area contributed by atoms with Crippen molar-refractivity contribution in [3.8, 4) is 0 Å². The average Bonchev–Trinajstić information content (AvgIpc) is 1.80. The average molecular weight is 161 g/mol. The second kappa shape index (κ2) is 2.54. The molecule has 1 radical (unpaired) electrons. The van der Waals surface area contributed by atoms with Gasteiger partial charge in [0.1, 0.15) is 5.15 Å². The molecule has 0 unspecified atom stereocenters. The maximum atomic E-state index is 5.56. The quantitative estimate of drug-likeness (QED) is 0.532. The van der Waals surface area contributed by atoms with Crippen LogP contribution < -0.4 is 0 Å². The number of aromatic nitrogens is 1. The molecule has 0 aliphatic carbocycles. The summed E-state index contributed by atoms with van der Waals surface area (Å²) in [5.74, 6) is 0. The van der Waals surface area contributed by atoms with Crippen LogP contribution in [0.4, 0.5) is 0 Å². The Hall–Kier alpha value is -0.270. The van der Waals surface area contributed by atoms with E-state index in [1.165, 1.54) is 6.20 Å². The van der Waals surface area contributed by atoms with Crippen molar-refractivity contribution < 1.29 is 0 Å². The van der Waals surface area contributed by atoms with E-state index in [1.54, 1.807) is 6.07 Å². The topological polar surface area (TPSA) is 12.9 Å². The van der Waals surface area contributed by atoms with Crippen molar-refractivity contribution in [3.05, 3.63) is 34.9 Å². The Balaban J connectivity index is 3.17. The molecule has 0 N–H and O–H groups in total. The molecule has 0 bridgehead atoms. The van der Waals surface area contributed by atoms with E-state index in [1.807, 2.05) is 0 Å². The fourth-order valence-corrected chi connectivity index (χ4v) is 0.748. The van der Waals surface area contributed by atoms with Crippen LogP contribution in [0.3, 0.4) is 0 Å². The predicted octanol–water partition coefficient (Wildman–Crippen LogP) is 2.57. The summed E-state index contributed by atoms with van der Waals surface area (Å²) in [4.78, 5) is 3.75. The molecule has 3 heteroatoms. The van der Waals surface area contributed by atoms with Crippen LogP contribution >= 0.6 is 23.2 Å². The second-order valence-electron chi connectivity index (χ2n) is 1.60. The fraction of sp³-hybridized carbons (Fsp3) is 0. The zero-order valence-electron chi connectivity index (χ0n) is 4.56. The summed E-state index contributed by atoms with van der Waals surface area (Å²) in [6.45, 7) is 3.60. The fourth-order valence-electron chi connectivity index (χ4n) is 0.465. The molecule has 0 fully saturated rings. The van der Waals surface area contributed by atoms with Gasteiger partial charge < -0.3 is 0 Å². The molecule has 1 aromatic rings. The highest BCUT2D eigenvalue weighted by Gasteiger charge is 1.94. The summed E-state index contributed by atoms with van der Waals surface area (Å²) in [6.07, 6.45) is 1.48. The Morgan fingerprint density at radius 2 is 2.11 bits per heavy atom. The van der Waals surface area contributed by atoms with Gasteiger partial charge in [-0.25, -0.2) is 4.98 Å². The van der Waals surface area contributed by atoms with Gasteiger partial charge >= 0.3 is 0 Å². The molecule has 47 valence electrons. The molecule has 0 atom stereocenters. The van der Waals surface area contributed by atoms with Gasteiger partial charge in [-0.1, -0.05) is 23.2 Å². The lowest BCUT2D eigenvalue weighted by Crippen LogP contribution is -1.78. The molecular formula is C6H4Cl2N. The summed E-state index contributed by atoms with van der Waals surface area (Å²) < 4.78 is 0. The number of rotatable bonds is 0. The third kappa shape index (κ3) is 1.57. The largest absolute Gasteiger partial charge is 0.243 e. The van der Waals surface area contributed by atoms with E-state index in [0.29, 0.717) is 15.7 Å². The molecule has 1 heterocycles. The zero-order valence-corrected chi connectivity index (χ0v) is 6.08. The van der Waals surface area contributed by atoms with Gasteiger partial charge in [0.2, 0.25) is 0 Å². The molecule has 0 saturated heterocycles. The van der Waals surface area contributed by atoms with Crippen molar-refractivity contribution in [2.24, 2.45) is 0 Å². The van der Waals surface area contributed by atoms with Gasteiger partial charge in [-0.2, -0.15) is 0 Å². The Labute approximate surface area is 63.6 Å². The Kier molecular flexibility index (Phi) is 1.94. The first-order valence-corrected chi connectivity index (χ1v) is 3.09. The van der Waals surface area contributed by atoms with Crippen LogP contribution in [0.5, 0.6) is 0 Å². The van der Waals surface area contributed by atoms with Gasteiger partial charge in [0, 0.05) is 6.20 Å². The number of hydrogen-bond acceptors (Lipinski definition) is 1. The SMILES string of the molecule is [CH2]c1cc(Cl)cnc1Cl. The first kappa shape index (κ1) is 6.84. The first-order valence-electron chi connectivity index (χ1n) is 2.33. The number of halogens is 2. The zero-order chi connectivity index (χ0) is 6.85. The van der Waals surface area contributed by atoms with Crippen LogP contribution in [0.15, 0.2) is 12.3 Å². The maximum absolute atomic E-state index is 5.56. The van der Waals surface area contributed by atoms with E-state index in [-0.39, 0.29) is 0 Å². The van der Waals surface area contributed by atoms with E-state index >= 15 is 0 Å². The lowest BCUT2D eigenvalue weighted by molar-refractivity contribution is 1.30. The normalized spacial score (nSPS) is 9.67. The third-order valence-electron chi connectivity index (χ3n) is 0.878. The Bertz CT molecular complexity index is 222. The standard InChI is InChI=1S/C6H4Cl2N/c1-4-2-5(7)3-9-6(4)8/h2-3H,1H2. The van der Waals surface area contributed by atoms with Gasteiger partial charge in [0.25, 0.3) is 0 Å². The van der Waals surface area contributed by atoms with Crippen LogP contribution in [-0.2, 0) is 0 Å². The second-order valence-corrected chi connectivity index (χ2v) is 2.40. The van der Waals surface area contributed by atoms with E-state index in [0.717, 1.165) is 0 Å². The smallest absolute Gasteiger partial charge is 0.132 e. The summed E-state index contributed by atoms with van der Waals surface area (Å²) in [6, 6.07) is 1.66. The molecule has 1 nitrogen and oxygen atoms in total. The summed E-state index contributed by atoms with van der Waals surface area (Å²) >= 11 is 11.1. The Morgan fingerprint density at radius 1 is 1.44 bits per heavy atom. The monoisotopic (exact) mass is 160 g/mol. The van der Waals surface area contributed by atoms with Crippen molar-refractivity contribution in [1.82, 2.24) is 4.98 Å². The van der Waals surface area contributed by atoms with Crippen LogP contribution in [0.1, 0.15) is 5.56 Å². The molecule has 0 aliphatic rings. The molecular weight excluding hydrogens is 157 g/mol. The molecule has 0 spiro atoms. The van der Waals surface area contributed by atoms with Gasteiger partial charge in [-0.3, -0.25) is 0 Å². The van der Waals surface area contributed by atoms with E-state index in [4.69, 9.17) is 23.2 Å². The molecule has 0 aromatic carbocycles. The van der Waals surface area contributed by atoms with Crippen molar-refractivity contribution in [3.63, 3.8) is 0 Å². The lowest BCUT2D eigenvalue weighted by Gasteiger charge is -1.93. The van der Waals surface area contributed by atoms with Gasteiger partial charge in [0.15, 0.2) is 0 Å². The van der Waals surface area contributed by atoms with Crippen LogP contribution in [0.2, 0.25) is 10.2 Å². The molecule has 0 aliphatic heterocycles. The number of hydrogen-bond donors (Lipinski definition) is 0. The molecule has 0 amide bonds. The van der Waals surface area contributed by atoms with Crippen molar-refractivity contribution in [1.29, 1.82) is 0 Å². The number of pyridine rings is 1. The summed E-state index contributed by atoms with van der Waals surface area (Å²) in [5.41, 5.74) is 0.657. The minimum Gasteiger partial charge on any atom is -0.243 e. The Morgan fingerprint density at radius 3 is 2.56 bits per heavy atom. The molecule has 9 heavy (non-hydrogen) atoms. The van der Waals surface area contributed by atoms with Crippen LogP contribution in [-0.4, -0.2) is 4.98 Å². The summed E-state index contributed by atoms with van der Waals surface area (Å²) in [7, 11) is 0. The minimum atomic E-state index is 0.402. The maximum Gasteiger partial charge on any atom is 0.132 e. The van der Waals surface area contributed by atoms with Crippen LogP contribution in [0, 0.1) is 6.92 Å². The van der Waals surface area contributed by atoms with E-state index in [9.17, 15) is 0 Å². The number of nitrogens with zero attached hydrogens (tertiary/aromatic N) is 1. The minimum absolute atomic E-state index is 0.402. The van der Waals surface area contributed by atoms with Crippen molar-refractivity contribution >= 4 is 23.2 Å². The molecule has 1 rings (SSSR count). The van der Waals surface area contributed by atoms with Gasteiger partial charge in [-0.05, 0) is 18.6 Å². The highest BCUT2D eigenvalue weighted by atomic mass is 35.5. The van der Waals surface area contributed by atoms with Gasteiger partial charge in [-0.15, -0.1) is 0 Å².